The number of nitrogens with zero attached hydrogens (tertiary/aromatic N) is 2. The molecule has 0 aliphatic rings. The van der Waals surface area contributed by atoms with E-state index in [0.29, 0.717) is 0 Å². The maximum atomic E-state index is 12.1. The van der Waals surface area contributed by atoms with Crippen molar-refractivity contribution in [2.75, 3.05) is 0 Å². The molecule has 1 atom stereocenters. The van der Waals surface area contributed by atoms with E-state index in [9.17, 15) is 4.79 Å². The molecule has 0 aliphatic heterocycles. The van der Waals surface area contributed by atoms with Crippen molar-refractivity contribution in [2.45, 2.75) is 51.1 Å². The Balaban J connectivity index is 2.23. The Kier molecular flexibility index (Phi) is 5.29. The number of amides is 1. The highest BCUT2D eigenvalue weighted by atomic mass is 32.2. The van der Waals surface area contributed by atoms with Gasteiger partial charge in [0.15, 0.2) is 5.16 Å². The van der Waals surface area contributed by atoms with E-state index in [1.54, 1.807) is 6.20 Å². The van der Waals surface area contributed by atoms with Crippen LogP contribution in [0.25, 0.3) is 5.69 Å². The van der Waals surface area contributed by atoms with Crippen LogP contribution in [0.2, 0.25) is 0 Å². The van der Waals surface area contributed by atoms with E-state index >= 15 is 0 Å². The lowest BCUT2D eigenvalue weighted by atomic mass is 10.1. The van der Waals surface area contributed by atoms with Gasteiger partial charge in [0.25, 0.3) is 0 Å². The minimum atomic E-state index is -0.186. The molecule has 5 heteroatoms. The number of hydrogen-bond acceptors (Lipinski definition) is 3. The lowest BCUT2D eigenvalue weighted by Crippen LogP contribution is -2.36. The molecule has 2 aromatic rings. The topological polar surface area (TPSA) is 46.9 Å². The van der Waals surface area contributed by atoms with Gasteiger partial charge < -0.3 is 5.32 Å². The number of hydrogen-bond donors (Lipinski definition) is 1. The summed E-state index contributed by atoms with van der Waals surface area (Å²) < 4.78 is 2.05. The minimum Gasteiger partial charge on any atom is -0.353 e. The highest BCUT2D eigenvalue weighted by Gasteiger charge is 2.18. The average Bonchev–Trinajstić information content (AvgIpc) is 2.88. The van der Waals surface area contributed by atoms with Crippen molar-refractivity contribution in [3.63, 3.8) is 0 Å². The number of carbonyl (C=O) groups excluding carboxylic acids is 1. The van der Waals surface area contributed by atoms with Gasteiger partial charge in [0.1, 0.15) is 0 Å². The molecular weight excluding hydrogens is 294 g/mol. The van der Waals surface area contributed by atoms with Crippen LogP contribution >= 0.6 is 11.8 Å². The summed E-state index contributed by atoms with van der Waals surface area (Å²) in [5.74, 6) is 0.0375. The van der Waals surface area contributed by atoms with Crippen LogP contribution in [0.5, 0.6) is 0 Å². The van der Waals surface area contributed by atoms with Crippen molar-refractivity contribution in [1.82, 2.24) is 14.9 Å². The first-order valence-electron chi connectivity index (χ1n) is 7.46. The molecule has 0 aliphatic carbocycles. The fourth-order valence-electron chi connectivity index (χ4n) is 2.15. The molecule has 1 amide bonds. The van der Waals surface area contributed by atoms with Crippen LogP contribution in [0.15, 0.2) is 35.7 Å². The predicted octanol–water partition coefficient (Wildman–Crippen LogP) is 3.49. The van der Waals surface area contributed by atoms with Crippen LogP contribution in [0.3, 0.4) is 0 Å². The zero-order valence-electron chi connectivity index (χ0n) is 13.8. The highest BCUT2D eigenvalue weighted by molar-refractivity contribution is 8.00. The second kappa shape index (κ2) is 7.01. The first-order chi connectivity index (χ1) is 10.4. The summed E-state index contributed by atoms with van der Waals surface area (Å²) in [4.78, 5) is 16.5. The number of thioether (sulfide) groups is 1. The van der Waals surface area contributed by atoms with Gasteiger partial charge in [-0.3, -0.25) is 9.36 Å². The van der Waals surface area contributed by atoms with Crippen molar-refractivity contribution in [3.8, 4) is 5.69 Å². The number of rotatable bonds is 5. The molecule has 2 rings (SSSR count). The lowest BCUT2D eigenvalue weighted by Gasteiger charge is -2.16. The van der Waals surface area contributed by atoms with Crippen molar-refractivity contribution in [3.05, 3.63) is 41.7 Å². The van der Waals surface area contributed by atoms with Gasteiger partial charge in [-0.2, -0.15) is 0 Å². The van der Waals surface area contributed by atoms with Crippen LogP contribution in [0, 0.1) is 13.8 Å². The molecule has 118 valence electrons. The van der Waals surface area contributed by atoms with Gasteiger partial charge in [-0.15, -0.1) is 0 Å². The number of imidazole rings is 1. The van der Waals surface area contributed by atoms with Crippen molar-refractivity contribution < 1.29 is 4.79 Å². The number of aryl methyl sites for hydroxylation is 2. The molecule has 0 bridgehead atoms. The summed E-state index contributed by atoms with van der Waals surface area (Å²) in [6.45, 7) is 9.99. The molecule has 1 aromatic heterocycles. The van der Waals surface area contributed by atoms with Gasteiger partial charge >= 0.3 is 0 Å². The largest absolute Gasteiger partial charge is 0.353 e. The zero-order valence-corrected chi connectivity index (χ0v) is 14.6. The van der Waals surface area contributed by atoms with Gasteiger partial charge in [0.05, 0.1) is 10.9 Å². The lowest BCUT2D eigenvalue weighted by molar-refractivity contribution is -0.120. The fraction of sp³-hybridized carbons (Fsp3) is 0.412. The Morgan fingerprint density at radius 2 is 2.00 bits per heavy atom. The smallest absolute Gasteiger partial charge is 0.233 e. The third-order valence-corrected chi connectivity index (χ3v) is 4.39. The number of nitrogens with one attached hydrogen (secondary N) is 1. The van der Waals surface area contributed by atoms with Gasteiger partial charge in [0, 0.05) is 18.4 Å². The van der Waals surface area contributed by atoms with E-state index in [1.807, 2.05) is 31.5 Å². The Morgan fingerprint density at radius 3 is 2.68 bits per heavy atom. The second-order valence-electron chi connectivity index (χ2n) is 5.79. The molecule has 1 aromatic carbocycles. The van der Waals surface area contributed by atoms with E-state index in [-0.39, 0.29) is 17.2 Å². The Labute approximate surface area is 136 Å². The van der Waals surface area contributed by atoms with Crippen molar-refractivity contribution in [2.24, 2.45) is 0 Å². The highest BCUT2D eigenvalue weighted by Crippen LogP contribution is 2.26. The number of benzene rings is 1. The van der Waals surface area contributed by atoms with Crippen LogP contribution in [0.1, 0.15) is 31.9 Å². The monoisotopic (exact) mass is 317 g/mol. The van der Waals surface area contributed by atoms with Crippen LogP contribution in [-0.2, 0) is 4.79 Å². The molecule has 0 saturated carbocycles. The molecule has 0 fully saturated rings. The fourth-order valence-corrected chi connectivity index (χ4v) is 3.04. The van der Waals surface area contributed by atoms with Gasteiger partial charge in [-0.05, 0) is 51.8 Å². The second-order valence-corrected chi connectivity index (χ2v) is 7.10. The molecule has 1 unspecified atom stereocenters. The SMILES string of the molecule is Cc1ccc(C)c(-n2ccnc2SC(C)C(=O)NC(C)C)c1. The summed E-state index contributed by atoms with van der Waals surface area (Å²) in [6, 6.07) is 6.49. The molecular formula is C17H23N3OS. The van der Waals surface area contributed by atoms with Crippen LogP contribution in [0.4, 0.5) is 0 Å². The average molecular weight is 317 g/mol. The summed E-state index contributed by atoms with van der Waals surface area (Å²) >= 11 is 1.48. The molecule has 4 nitrogen and oxygen atoms in total. The number of carbonyl (C=O) groups is 1. The third kappa shape index (κ3) is 3.91. The van der Waals surface area contributed by atoms with Crippen molar-refractivity contribution >= 4 is 17.7 Å². The molecule has 0 radical (unpaired) electrons. The van der Waals surface area contributed by atoms with Crippen molar-refractivity contribution in [1.29, 1.82) is 0 Å². The Bertz CT molecular complexity index is 664. The molecule has 1 N–H and O–H groups in total. The summed E-state index contributed by atoms with van der Waals surface area (Å²) in [5.41, 5.74) is 3.50. The van der Waals surface area contributed by atoms with Gasteiger partial charge in [-0.25, -0.2) is 4.98 Å². The Morgan fingerprint density at radius 1 is 1.27 bits per heavy atom. The molecule has 1 heterocycles. The van der Waals surface area contributed by atoms with E-state index < -0.39 is 0 Å². The first-order valence-corrected chi connectivity index (χ1v) is 8.34. The maximum absolute atomic E-state index is 12.1. The van der Waals surface area contributed by atoms with Crippen LogP contribution in [-0.4, -0.2) is 26.8 Å². The van der Waals surface area contributed by atoms with E-state index in [0.717, 1.165) is 10.8 Å². The molecule has 0 saturated heterocycles. The number of aromatic nitrogens is 2. The third-order valence-electron chi connectivity index (χ3n) is 3.31. The summed E-state index contributed by atoms with van der Waals surface area (Å²) in [5, 5.41) is 3.58. The predicted molar refractivity (Wildman–Crippen MR) is 91.6 cm³/mol. The van der Waals surface area contributed by atoms with Crippen LogP contribution < -0.4 is 5.32 Å². The quantitative estimate of drug-likeness (QED) is 0.859. The summed E-state index contributed by atoms with van der Waals surface area (Å²) in [7, 11) is 0. The van der Waals surface area contributed by atoms with E-state index in [1.165, 1.54) is 22.9 Å². The standard InChI is InChI=1S/C17H23N3OS/c1-11(2)19-16(21)14(5)22-17-18-8-9-20(17)15-10-12(3)6-7-13(15)4/h6-11,14H,1-5H3,(H,19,21). The van der Waals surface area contributed by atoms with E-state index in [4.69, 9.17) is 0 Å². The minimum absolute atomic E-state index is 0.0375. The normalized spacial score (nSPS) is 12.5. The zero-order chi connectivity index (χ0) is 16.3. The van der Waals surface area contributed by atoms with E-state index in [2.05, 4.69) is 42.3 Å². The summed E-state index contributed by atoms with van der Waals surface area (Å²) in [6.07, 6.45) is 3.72. The molecule has 22 heavy (non-hydrogen) atoms. The van der Waals surface area contributed by atoms with Gasteiger partial charge in [-0.1, -0.05) is 23.9 Å². The Hall–Kier alpha value is -1.75. The maximum Gasteiger partial charge on any atom is 0.233 e. The molecule has 0 spiro atoms. The van der Waals surface area contributed by atoms with Gasteiger partial charge in [0.2, 0.25) is 5.91 Å². The first kappa shape index (κ1) is 16.6.